The topological polar surface area (TPSA) is 53.5 Å². The molecule has 0 bridgehead atoms. The Morgan fingerprint density at radius 3 is 1.00 bits per heavy atom. The lowest BCUT2D eigenvalue weighted by molar-refractivity contribution is -0.137. The van der Waals surface area contributed by atoms with Gasteiger partial charge in [0.1, 0.15) is 5.82 Å². The fourth-order valence-corrected chi connectivity index (χ4v) is 10.0. The second-order valence-corrected chi connectivity index (χ2v) is 16.8. The SMILES string of the molecule is Fc1ccc(-n2c3ccccc3c3c2c2c4ccccc4n(-c4ccc(C(F)(F)F)cc4)c2c2c4ccccc4n(-c4ccc(-c5nc(-c6ccccc6)nc(-c6ccccc6)n5)cc4)c32)cc1. The normalized spacial score (nSPS) is 12.1. The second-order valence-electron chi connectivity index (χ2n) is 16.8. The molecule has 0 N–H and O–H groups in total. The lowest BCUT2D eigenvalue weighted by Gasteiger charge is -2.14. The number of rotatable bonds is 6. The number of fused-ring (bicyclic) bond motifs is 12. The summed E-state index contributed by atoms with van der Waals surface area (Å²) in [6, 6.07) is 64.4. The Balaban J connectivity index is 1.15. The lowest BCUT2D eigenvalue weighted by atomic mass is 10.0. The zero-order chi connectivity index (χ0) is 45.7. The Labute approximate surface area is 385 Å². The largest absolute Gasteiger partial charge is 0.416 e. The Bertz CT molecular complexity index is 4040. The van der Waals surface area contributed by atoms with Gasteiger partial charge in [-0.2, -0.15) is 13.2 Å². The standard InChI is InChI=1S/C58H34F4N6/c59-39-27-33-42(34-28-39)68-48-22-12-9-19-45(48)50-52-49(53-51(54(50)68)44-18-8-11-21-47(44)67(53)41-31-25-38(26-32-41)58(60,61)62)43-17-7-10-20-46(43)66(52)40-29-23-37(24-30-40)57-64-55(35-13-3-1-4-14-35)63-56(65-57)36-15-5-2-6-16-36/h1-34H. The van der Waals surface area contributed by atoms with E-state index in [2.05, 4.69) is 56.2 Å². The van der Waals surface area contributed by atoms with Gasteiger partial charge in [-0.3, -0.25) is 0 Å². The van der Waals surface area contributed by atoms with Crippen molar-refractivity contribution >= 4 is 65.4 Å². The van der Waals surface area contributed by atoms with E-state index < -0.39 is 11.7 Å². The summed E-state index contributed by atoms with van der Waals surface area (Å²) in [7, 11) is 0. The molecule has 4 aromatic heterocycles. The van der Waals surface area contributed by atoms with Crippen LogP contribution >= 0.6 is 0 Å². The van der Waals surface area contributed by atoms with Crippen LogP contribution in [0.4, 0.5) is 17.6 Å². The average molecular weight is 891 g/mol. The Hall–Kier alpha value is -8.89. The van der Waals surface area contributed by atoms with Gasteiger partial charge in [-0.1, -0.05) is 115 Å². The van der Waals surface area contributed by atoms with Gasteiger partial charge in [0.05, 0.1) is 38.7 Å². The van der Waals surface area contributed by atoms with Crippen LogP contribution < -0.4 is 0 Å². The van der Waals surface area contributed by atoms with Gasteiger partial charge in [-0.05, 0) is 91.0 Å². The lowest BCUT2D eigenvalue weighted by Crippen LogP contribution is -2.05. The minimum atomic E-state index is -4.50. The minimum absolute atomic E-state index is 0.353. The second kappa shape index (κ2) is 15.1. The van der Waals surface area contributed by atoms with Crippen molar-refractivity contribution < 1.29 is 17.6 Å². The highest BCUT2D eigenvalue weighted by Gasteiger charge is 2.32. The molecule has 10 heteroatoms. The molecular formula is C58H34F4N6. The number of halogens is 4. The molecule has 0 saturated carbocycles. The summed E-state index contributed by atoms with van der Waals surface area (Å²) in [6.07, 6.45) is -4.50. The van der Waals surface area contributed by atoms with E-state index in [4.69, 9.17) is 15.0 Å². The molecule has 6 nitrogen and oxygen atoms in total. The summed E-state index contributed by atoms with van der Waals surface area (Å²) >= 11 is 0. The molecule has 0 aliphatic heterocycles. The third kappa shape index (κ3) is 6.07. The third-order valence-corrected chi connectivity index (χ3v) is 13.0. The van der Waals surface area contributed by atoms with Gasteiger partial charge in [0.2, 0.25) is 0 Å². The van der Waals surface area contributed by atoms with Crippen LogP contribution in [-0.4, -0.2) is 28.7 Å². The molecule has 68 heavy (non-hydrogen) atoms. The fraction of sp³-hybridized carbons (Fsp3) is 0.0172. The van der Waals surface area contributed by atoms with Crippen LogP contribution in [0.1, 0.15) is 5.56 Å². The molecule has 0 aliphatic rings. The number of alkyl halides is 3. The summed E-state index contributed by atoms with van der Waals surface area (Å²) in [4.78, 5) is 14.9. The minimum Gasteiger partial charge on any atom is -0.308 e. The van der Waals surface area contributed by atoms with Crippen LogP contribution in [0.5, 0.6) is 0 Å². The third-order valence-electron chi connectivity index (χ3n) is 13.0. The molecule has 9 aromatic carbocycles. The number of para-hydroxylation sites is 3. The number of aromatic nitrogens is 6. The molecule has 324 valence electrons. The van der Waals surface area contributed by atoms with Gasteiger partial charge in [0.15, 0.2) is 17.5 Å². The van der Waals surface area contributed by atoms with Gasteiger partial charge < -0.3 is 13.7 Å². The molecule has 13 aromatic rings. The zero-order valence-corrected chi connectivity index (χ0v) is 35.8. The molecule has 4 heterocycles. The predicted molar refractivity (Wildman–Crippen MR) is 264 cm³/mol. The number of benzene rings is 9. The van der Waals surface area contributed by atoms with Gasteiger partial charge >= 0.3 is 6.18 Å². The highest BCUT2D eigenvalue weighted by Crippen LogP contribution is 2.50. The van der Waals surface area contributed by atoms with E-state index in [-0.39, 0.29) is 5.82 Å². The molecule has 0 spiro atoms. The maximum Gasteiger partial charge on any atom is 0.416 e. The quantitative estimate of drug-likeness (QED) is 0.156. The Kier molecular flexibility index (Phi) is 8.75. The molecule has 0 radical (unpaired) electrons. The number of nitrogens with zero attached hydrogens (tertiary/aromatic N) is 6. The van der Waals surface area contributed by atoms with Crippen molar-refractivity contribution in [1.82, 2.24) is 28.7 Å². The summed E-state index contributed by atoms with van der Waals surface area (Å²) in [5, 5.41) is 5.69. The van der Waals surface area contributed by atoms with Crippen molar-refractivity contribution in [2.45, 2.75) is 6.18 Å². The zero-order valence-electron chi connectivity index (χ0n) is 35.8. The Morgan fingerprint density at radius 1 is 0.324 bits per heavy atom. The first-order valence-electron chi connectivity index (χ1n) is 22.1. The molecule has 0 amide bonds. The van der Waals surface area contributed by atoms with Gasteiger partial charge in [0, 0.05) is 66.1 Å². The van der Waals surface area contributed by atoms with Crippen molar-refractivity contribution in [3.63, 3.8) is 0 Å². The number of hydrogen-bond donors (Lipinski definition) is 0. The first kappa shape index (κ1) is 39.5. The highest BCUT2D eigenvalue weighted by atomic mass is 19.4. The van der Waals surface area contributed by atoms with Crippen molar-refractivity contribution in [3.05, 3.63) is 218 Å². The van der Waals surface area contributed by atoms with E-state index in [0.717, 1.165) is 106 Å². The van der Waals surface area contributed by atoms with E-state index in [9.17, 15) is 17.6 Å². The van der Waals surface area contributed by atoms with Crippen LogP contribution in [0.25, 0.3) is 117 Å². The smallest absolute Gasteiger partial charge is 0.308 e. The first-order chi connectivity index (χ1) is 33.3. The predicted octanol–water partition coefficient (Wildman–Crippen LogP) is 15.3. The molecule has 0 saturated heterocycles. The van der Waals surface area contributed by atoms with E-state index in [1.165, 1.54) is 12.1 Å². The van der Waals surface area contributed by atoms with Crippen LogP contribution in [0.2, 0.25) is 0 Å². The molecule has 13 rings (SSSR count). The molecular weight excluding hydrogens is 857 g/mol. The first-order valence-corrected chi connectivity index (χ1v) is 22.1. The van der Waals surface area contributed by atoms with Crippen LogP contribution in [-0.2, 0) is 6.18 Å². The molecule has 0 aliphatic carbocycles. The van der Waals surface area contributed by atoms with Crippen molar-refractivity contribution in [2.75, 3.05) is 0 Å². The summed E-state index contributed by atoms with van der Waals surface area (Å²) < 4.78 is 63.5. The molecule has 0 atom stereocenters. The Morgan fingerprint density at radius 2 is 0.632 bits per heavy atom. The summed E-state index contributed by atoms with van der Waals surface area (Å²) in [6.45, 7) is 0. The molecule has 0 unspecified atom stereocenters. The monoisotopic (exact) mass is 890 g/mol. The number of hydrogen-bond acceptors (Lipinski definition) is 3. The van der Waals surface area contributed by atoms with Crippen molar-refractivity contribution in [2.24, 2.45) is 0 Å². The van der Waals surface area contributed by atoms with Crippen molar-refractivity contribution in [1.29, 1.82) is 0 Å². The van der Waals surface area contributed by atoms with E-state index in [1.54, 1.807) is 24.3 Å². The fourth-order valence-electron chi connectivity index (χ4n) is 10.0. The van der Waals surface area contributed by atoms with E-state index in [0.29, 0.717) is 23.2 Å². The van der Waals surface area contributed by atoms with Crippen molar-refractivity contribution in [3.8, 4) is 51.2 Å². The van der Waals surface area contributed by atoms with Crippen LogP contribution in [0, 0.1) is 5.82 Å². The summed E-state index contributed by atoms with van der Waals surface area (Å²) in [5.41, 5.74) is 9.34. The maximum absolute atomic E-state index is 14.7. The van der Waals surface area contributed by atoms with Gasteiger partial charge in [-0.15, -0.1) is 0 Å². The molecule has 0 fully saturated rings. The summed E-state index contributed by atoms with van der Waals surface area (Å²) in [5.74, 6) is 1.30. The van der Waals surface area contributed by atoms with E-state index in [1.807, 2.05) is 115 Å². The van der Waals surface area contributed by atoms with Gasteiger partial charge in [-0.25, -0.2) is 19.3 Å². The highest BCUT2D eigenvalue weighted by molar-refractivity contribution is 6.40. The van der Waals surface area contributed by atoms with Crippen LogP contribution in [0.15, 0.2) is 206 Å². The maximum atomic E-state index is 14.7. The van der Waals surface area contributed by atoms with Gasteiger partial charge in [0.25, 0.3) is 0 Å². The van der Waals surface area contributed by atoms with Crippen LogP contribution in [0.3, 0.4) is 0 Å². The van der Waals surface area contributed by atoms with E-state index >= 15 is 0 Å². The average Bonchev–Trinajstić information content (AvgIpc) is 4.03.